The molecule has 0 aliphatic rings. The Morgan fingerprint density at radius 3 is 2.74 bits per heavy atom. The van der Waals surface area contributed by atoms with Crippen molar-refractivity contribution < 1.29 is 14.7 Å². The molecule has 0 saturated carbocycles. The van der Waals surface area contributed by atoms with Crippen molar-refractivity contribution in [1.82, 2.24) is 4.90 Å². The number of rotatable bonds is 5. The Bertz CT molecular complexity index is 503. The molecule has 0 atom stereocenters. The Morgan fingerprint density at radius 1 is 1.53 bits per heavy atom. The molecule has 0 unspecified atom stereocenters. The number of amides is 2. The van der Waals surface area contributed by atoms with Crippen LogP contribution in [0, 0.1) is 0 Å². The maximum absolute atomic E-state index is 11.9. The van der Waals surface area contributed by atoms with E-state index in [1.54, 1.807) is 12.1 Å². The topological polar surface area (TPSA) is 69.6 Å². The molecule has 0 aromatic heterocycles. The summed E-state index contributed by atoms with van der Waals surface area (Å²) >= 11 is 5.75. The molecule has 1 rings (SSSR count). The first-order chi connectivity index (χ1) is 8.99. The predicted octanol–water partition coefficient (Wildman–Crippen LogP) is 3.08. The number of hydrogen-bond donors (Lipinski definition) is 2. The van der Waals surface area contributed by atoms with E-state index in [1.165, 1.54) is 17.0 Å². The number of nitrogens with zero attached hydrogens (tertiary/aromatic N) is 1. The molecule has 2 N–H and O–H groups in total. The maximum Gasteiger partial charge on any atom is 0.337 e. The van der Waals surface area contributed by atoms with Crippen LogP contribution in [0.15, 0.2) is 30.9 Å². The first-order valence-corrected chi connectivity index (χ1v) is 6.07. The molecular formula is C13H15ClN2O3. The van der Waals surface area contributed by atoms with Gasteiger partial charge in [0.1, 0.15) is 0 Å². The van der Waals surface area contributed by atoms with E-state index in [2.05, 4.69) is 11.9 Å². The van der Waals surface area contributed by atoms with Gasteiger partial charge in [0.15, 0.2) is 0 Å². The van der Waals surface area contributed by atoms with E-state index in [4.69, 9.17) is 16.7 Å². The van der Waals surface area contributed by atoms with Crippen molar-refractivity contribution in [2.24, 2.45) is 0 Å². The van der Waals surface area contributed by atoms with Gasteiger partial charge in [-0.25, -0.2) is 9.59 Å². The second-order valence-corrected chi connectivity index (χ2v) is 4.16. The zero-order valence-corrected chi connectivity index (χ0v) is 11.3. The number of nitrogens with one attached hydrogen (secondary N) is 1. The number of carbonyl (C=O) groups is 2. The number of carboxylic acids is 1. The van der Waals surface area contributed by atoms with Crippen LogP contribution in [0.3, 0.4) is 0 Å². The van der Waals surface area contributed by atoms with Crippen LogP contribution in [0.4, 0.5) is 10.5 Å². The number of hydrogen-bond acceptors (Lipinski definition) is 2. The summed E-state index contributed by atoms with van der Waals surface area (Å²) in [7, 11) is 0. The lowest BCUT2D eigenvalue weighted by Gasteiger charge is -2.19. The zero-order valence-electron chi connectivity index (χ0n) is 10.5. The summed E-state index contributed by atoms with van der Waals surface area (Å²) < 4.78 is 0. The average molecular weight is 283 g/mol. The molecule has 19 heavy (non-hydrogen) atoms. The van der Waals surface area contributed by atoms with Gasteiger partial charge in [0, 0.05) is 18.8 Å². The summed E-state index contributed by atoms with van der Waals surface area (Å²) in [5, 5.41) is 11.7. The van der Waals surface area contributed by atoms with E-state index in [0.29, 0.717) is 18.8 Å². The monoisotopic (exact) mass is 282 g/mol. The molecule has 1 aromatic rings. The van der Waals surface area contributed by atoms with E-state index in [9.17, 15) is 9.59 Å². The van der Waals surface area contributed by atoms with Crippen molar-refractivity contribution in [3.05, 3.63) is 41.4 Å². The molecule has 1 aromatic carbocycles. The standard InChI is InChI=1S/C13H15ClN2O3/c1-3-7-16(4-2)13(19)15-9-5-6-11(14)10(8-9)12(17)18/h3,5-6,8H,1,4,7H2,2H3,(H,15,19)(H,17,18). The minimum absolute atomic E-state index is 0.0498. The Labute approximate surface area is 116 Å². The Hall–Kier alpha value is -2.01. The second kappa shape index (κ2) is 6.80. The maximum atomic E-state index is 11.9. The highest BCUT2D eigenvalue weighted by molar-refractivity contribution is 6.33. The molecule has 0 fully saturated rings. The molecule has 2 amide bonds. The van der Waals surface area contributed by atoms with Gasteiger partial charge in [0.2, 0.25) is 0 Å². The molecule has 0 heterocycles. The predicted molar refractivity (Wildman–Crippen MR) is 74.9 cm³/mol. The van der Waals surface area contributed by atoms with Crippen molar-refractivity contribution in [2.45, 2.75) is 6.92 Å². The van der Waals surface area contributed by atoms with Crippen molar-refractivity contribution in [3.8, 4) is 0 Å². The molecule has 0 radical (unpaired) electrons. The number of likely N-dealkylation sites (N-methyl/N-ethyl adjacent to an activating group) is 1. The molecule has 0 aliphatic carbocycles. The molecule has 0 saturated heterocycles. The largest absolute Gasteiger partial charge is 0.478 e. The Morgan fingerprint density at radius 2 is 2.21 bits per heavy atom. The first-order valence-electron chi connectivity index (χ1n) is 5.69. The number of carboxylic acid groups (broad SMARTS) is 1. The fourth-order valence-corrected chi connectivity index (χ4v) is 1.68. The zero-order chi connectivity index (χ0) is 14.4. The minimum Gasteiger partial charge on any atom is -0.478 e. The van der Waals surface area contributed by atoms with Crippen LogP contribution in [0.1, 0.15) is 17.3 Å². The second-order valence-electron chi connectivity index (χ2n) is 3.76. The molecule has 5 nitrogen and oxygen atoms in total. The van der Waals surface area contributed by atoms with Gasteiger partial charge in [-0.15, -0.1) is 6.58 Å². The number of aromatic carboxylic acids is 1. The SMILES string of the molecule is C=CCN(CC)C(=O)Nc1ccc(Cl)c(C(=O)O)c1. The van der Waals surface area contributed by atoms with E-state index in [0.717, 1.165) is 0 Å². The summed E-state index contributed by atoms with van der Waals surface area (Å²) in [6.45, 7) is 6.35. The summed E-state index contributed by atoms with van der Waals surface area (Å²) in [6.07, 6.45) is 1.62. The lowest BCUT2D eigenvalue weighted by atomic mass is 10.2. The highest BCUT2D eigenvalue weighted by Crippen LogP contribution is 2.20. The van der Waals surface area contributed by atoms with Crippen LogP contribution in [-0.2, 0) is 0 Å². The summed E-state index contributed by atoms with van der Waals surface area (Å²) in [6, 6.07) is 3.99. The van der Waals surface area contributed by atoms with Crippen LogP contribution in [0.25, 0.3) is 0 Å². The molecule has 102 valence electrons. The first kappa shape index (κ1) is 15.0. The average Bonchev–Trinajstić information content (AvgIpc) is 2.37. The lowest BCUT2D eigenvalue weighted by molar-refractivity contribution is 0.0697. The van der Waals surface area contributed by atoms with Crippen molar-refractivity contribution >= 4 is 29.3 Å². The van der Waals surface area contributed by atoms with E-state index in [1.807, 2.05) is 6.92 Å². The molecule has 0 spiro atoms. The number of halogens is 1. The van der Waals surface area contributed by atoms with Gasteiger partial charge in [0.05, 0.1) is 10.6 Å². The van der Waals surface area contributed by atoms with Gasteiger partial charge < -0.3 is 15.3 Å². The van der Waals surface area contributed by atoms with Crippen molar-refractivity contribution in [2.75, 3.05) is 18.4 Å². The Balaban J connectivity index is 2.87. The van der Waals surface area contributed by atoms with Crippen LogP contribution >= 0.6 is 11.6 Å². The summed E-state index contributed by atoms with van der Waals surface area (Å²) in [5.41, 5.74) is 0.334. The van der Waals surface area contributed by atoms with Crippen LogP contribution < -0.4 is 5.32 Å². The van der Waals surface area contributed by atoms with Gasteiger partial charge in [-0.1, -0.05) is 17.7 Å². The van der Waals surface area contributed by atoms with E-state index in [-0.39, 0.29) is 16.6 Å². The fourth-order valence-electron chi connectivity index (χ4n) is 1.48. The number of anilines is 1. The molecule has 6 heteroatoms. The van der Waals surface area contributed by atoms with Gasteiger partial charge in [-0.2, -0.15) is 0 Å². The molecular weight excluding hydrogens is 268 g/mol. The van der Waals surface area contributed by atoms with Gasteiger partial charge in [-0.05, 0) is 25.1 Å². The summed E-state index contributed by atoms with van der Waals surface area (Å²) in [4.78, 5) is 24.3. The third kappa shape index (κ3) is 3.99. The minimum atomic E-state index is -1.14. The van der Waals surface area contributed by atoms with Gasteiger partial charge >= 0.3 is 12.0 Å². The van der Waals surface area contributed by atoms with Gasteiger partial charge in [-0.3, -0.25) is 0 Å². The lowest BCUT2D eigenvalue weighted by Crippen LogP contribution is -2.34. The van der Waals surface area contributed by atoms with Crippen LogP contribution in [0.5, 0.6) is 0 Å². The third-order valence-corrected chi connectivity index (χ3v) is 2.80. The van der Waals surface area contributed by atoms with Crippen LogP contribution in [-0.4, -0.2) is 35.1 Å². The van der Waals surface area contributed by atoms with Gasteiger partial charge in [0.25, 0.3) is 0 Å². The smallest absolute Gasteiger partial charge is 0.337 e. The normalized spacial score (nSPS) is 9.79. The highest BCUT2D eigenvalue weighted by atomic mass is 35.5. The van der Waals surface area contributed by atoms with E-state index >= 15 is 0 Å². The number of urea groups is 1. The molecule has 0 bridgehead atoms. The highest BCUT2D eigenvalue weighted by Gasteiger charge is 2.13. The number of benzene rings is 1. The van der Waals surface area contributed by atoms with Crippen LogP contribution in [0.2, 0.25) is 5.02 Å². The van der Waals surface area contributed by atoms with Crippen molar-refractivity contribution in [3.63, 3.8) is 0 Å². The Kier molecular flexibility index (Phi) is 5.38. The number of carbonyl (C=O) groups excluding carboxylic acids is 1. The van der Waals surface area contributed by atoms with E-state index < -0.39 is 5.97 Å². The molecule has 0 aliphatic heterocycles. The van der Waals surface area contributed by atoms with Crippen molar-refractivity contribution in [1.29, 1.82) is 0 Å². The quantitative estimate of drug-likeness (QED) is 0.816. The summed E-state index contributed by atoms with van der Waals surface area (Å²) in [5.74, 6) is -1.14. The fraction of sp³-hybridized carbons (Fsp3) is 0.231. The third-order valence-electron chi connectivity index (χ3n) is 2.47.